The molecule has 1 saturated carbocycles. The first kappa shape index (κ1) is 18.1. The number of hydrogen-bond acceptors (Lipinski definition) is 3. The Bertz CT molecular complexity index is 620. The van der Waals surface area contributed by atoms with Crippen LogP contribution >= 0.6 is 11.6 Å². The van der Waals surface area contributed by atoms with E-state index < -0.39 is 0 Å². The van der Waals surface area contributed by atoms with E-state index in [0.717, 1.165) is 31.0 Å². The topological polar surface area (TPSA) is 61.4 Å². The SMILES string of the molecule is C[C@@H]1C[C@@H]1C(=O)NCCC(=O)NC[C@@H]1CCN(c2ccc(Cl)cc2)C1. The van der Waals surface area contributed by atoms with Crippen molar-refractivity contribution >= 4 is 29.1 Å². The van der Waals surface area contributed by atoms with Gasteiger partial charge in [0.05, 0.1) is 0 Å². The van der Waals surface area contributed by atoms with Crippen molar-refractivity contribution in [3.8, 4) is 0 Å². The number of nitrogens with zero attached hydrogens (tertiary/aromatic N) is 1. The molecular weight excluding hydrogens is 338 g/mol. The standard InChI is InChI=1S/C19H26ClN3O2/c1-13-10-17(13)19(25)21-8-6-18(24)22-11-14-7-9-23(12-14)16-4-2-15(20)3-5-16/h2-5,13-14,17H,6-12H2,1H3,(H,21,25)(H,22,24)/t13-,14+,17+/m1/s1. The average Bonchev–Trinajstić information content (AvgIpc) is 3.15. The quantitative estimate of drug-likeness (QED) is 0.782. The molecule has 5 nitrogen and oxygen atoms in total. The van der Waals surface area contributed by atoms with Crippen LogP contribution in [-0.2, 0) is 9.59 Å². The predicted molar refractivity (Wildman–Crippen MR) is 99.7 cm³/mol. The van der Waals surface area contributed by atoms with Gasteiger partial charge in [-0.15, -0.1) is 0 Å². The monoisotopic (exact) mass is 363 g/mol. The van der Waals surface area contributed by atoms with E-state index in [1.165, 1.54) is 5.69 Å². The molecule has 1 aromatic rings. The number of benzene rings is 1. The van der Waals surface area contributed by atoms with Gasteiger partial charge in [0.25, 0.3) is 0 Å². The van der Waals surface area contributed by atoms with Gasteiger partial charge in [-0.25, -0.2) is 0 Å². The zero-order chi connectivity index (χ0) is 17.8. The Balaban J connectivity index is 1.31. The Labute approximate surface area is 154 Å². The minimum atomic E-state index is 0.00842. The first-order valence-electron chi connectivity index (χ1n) is 9.08. The van der Waals surface area contributed by atoms with E-state index in [-0.39, 0.29) is 17.7 Å². The lowest BCUT2D eigenvalue weighted by molar-refractivity contribution is -0.123. The number of carbonyl (C=O) groups excluding carboxylic acids is 2. The molecule has 0 aromatic heterocycles. The number of carbonyl (C=O) groups is 2. The van der Waals surface area contributed by atoms with Gasteiger partial charge in [-0.2, -0.15) is 0 Å². The van der Waals surface area contributed by atoms with Crippen LogP contribution in [0.25, 0.3) is 0 Å². The molecule has 1 aromatic carbocycles. The number of halogens is 1. The summed E-state index contributed by atoms with van der Waals surface area (Å²) in [6, 6.07) is 7.88. The number of nitrogens with one attached hydrogen (secondary N) is 2. The highest BCUT2D eigenvalue weighted by Gasteiger charge is 2.38. The zero-order valence-corrected chi connectivity index (χ0v) is 15.4. The van der Waals surface area contributed by atoms with Crippen molar-refractivity contribution in [2.75, 3.05) is 31.1 Å². The van der Waals surface area contributed by atoms with Gasteiger partial charge in [0.1, 0.15) is 0 Å². The van der Waals surface area contributed by atoms with Crippen LogP contribution in [-0.4, -0.2) is 38.0 Å². The second kappa shape index (κ2) is 8.09. The molecule has 3 rings (SSSR count). The molecule has 2 aliphatic rings. The van der Waals surface area contributed by atoms with Crippen LogP contribution in [0.3, 0.4) is 0 Å². The first-order chi connectivity index (χ1) is 12.0. The number of hydrogen-bond donors (Lipinski definition) is 2. The van der Waals surface area contributed by atoms with Gasteiger partial charge < -0.3 is 15.5 Å². The van der Waals surface area contributed by atoms with Crippen LogP contribution in [0.5, 0.6) is 0 Å². The molecule has 1 saturated heterocycles. The van der Waals surface area contributed by atoms with Gasteiger partial charge in [0, 0.05) is 49.2 Å². The molecule has 0 radical (unpaired) electrons. The van der Waals surface area contributed by atoms with Crippen LogP contribution in [0, 0.1) is 17.8 Å². The van der Waals surface area contributed by atoms with Crippen LogP contribution < -0.4 is 15.5 Å². The van der Waals surface area contributed by atoms with Crippen molar-refractivity contribution < 1.29 is 9.59 Å². The highest BCUT2D eigenvalue weighted by atomic mass is 35.5. The Hall–Kier alpha value is -1.75. The molecule has 6 heteroatoms. The largest absolute Gasteiger partial charge is 0.371 e. The predicted octanol–water partition coefficient (Wildman–Crippen LogP) is 2.44. The molecular formula is C19H26ClN3O2. The van der Waals surface area contributed by atoms with Gasteiger partial charge in [-0.05, 0) is 48.9 Å². The van der Waals surface area contributed by atoms with Crippen LogP contribution in [0.15, 0.2) is 24.3 Å². The van der Waals surface area contributed by atoms with Crippen molar-refractivity contribution in [1.29, 1.82) is 0 Å². The van der Waals surface area contributed by atoms with Crippen molar-refractivity contribution in [1.82, 2.24) is 10.6 Å². The molecule has 0 bridgehead atoms. The summed E-state index contributed by atoms with van der Waals surface area (Å²) in [4.78, 5) is 26.0. The van der Waals surface area contributed by atoms with E-state index in [4.69, 9.17) is 11.6 Å². The molecule has 1 aliphatic heterocycles. The first-order valence-corrected chi connectivity index (χ1v) is 9.45. The van der Waals surface area contributed by atoms with Gasteiger partial charge in [-0.3, -0.25) is 9.59 Å². The van der Waals surface area contributed by atoms with E-state index in [9.17, 15) is 9.59 Å². The molecule has 3 atom stereocenters. The summed E-state index contributed by atoms with van der Waals surface area (Å²) in [7, 11) is 0. The molecule has 1 heterocycles. The Kier molecular flexibility index (Phi) is 5.84. The highest BCUT2D eigenvalue weighted by molar-refractivity contribution is 6.30. The normalized spacial score (nSPS) is 24.9. The summed E-state index contributed by atoms with van der Waals surface area (Å²) in [5.41, 5.74) is 1.18. The van der Waals surface area contributed by atoms with E-state index in [0.29, 0.717) is 31.3 Å². The lowest BCUT2D eigenvalue weighted by Gasteiger charge is -2.19. The third-order valence-electron chi connectivity index (χ3n) is 5.16. The molecule has 25 heavy (non-hydrogen) atoms. The van der Waals surface area contributed by atoms with Crippen molar-refractivity contribution in [2.45, 2.75) is 26.2 Å². The summed E-state index contributed by atoms with van der Waals surface area (Å²) in [5.74, 6) is 1.23. The number of rotatable bonds is 7. The number of anilines is 1. The Morgan fingerprint density at radius 1 is 1.24 bits per heavy atom. The van der Waals surface area contributed by atoms with E-state index >= 15 is 0 Å². The third-order valence-corrected chi connectivity index (χ3v) is 5.42. The molecule has 0 unspecified atom stereocenters. The maximum Gasteiger partial charge on any atom is 0.223 e. The van der Waals surface area contributed by atoms with Gasteiger partial charge in [0.15, 0.2) is 0 Å². The Morgan fingerprint density at radius 3 is 2.64 bits per heavy atom. The van der Waals surface area contributed by atoms with Crippen molar-refractivity contribution in [2.24, 2.45) is 17.8 Å². The summed E-state index contributed by atoms with van der Waals surface area (Å²) >= 11 is 5.93. The lowest BCUT2D eigenvalue weighted by Crippen LogP contribution is -2.34. The van der Waals surface area contributed by atoms with Gasteiger partial charge >= 0.3 is 0 Å². The fourth-order valence-electron chi connectivity index (χ4n) is 3.35. The summed E-state index contributed by atoms with van der Waals surface area (Å²) in [5, 5.41) is 6.59. The minimum absolute atomic E-state index is 0.00842. The van der Waals surface area contributed by atoms with E-state index in [1.807, 2.05) is 24.3 Å². The zero-order valence-electron chi connectivity index (χ0n) is 14.6. The third kappa shape index (κ3) is 5.11. The second-order valence-corrected chi connectivity index (χ2v) is 7.68. The summed E-state index contributed by atoms with van der Waals surface area (Å²) < 4.78 is 0. The molecule has 2 fully saturated rings. The fourth-order valence-corrected chi connectivity index (χ4v) is 3.48. The maximum atomic E-state index is 11.9. The Morgan fingerprint density at radius 2 is 1.96 bits per heavy atom. The molecule has 2 N–H and O–H groups in total. The molecule has 136 valence electrons. The molecule has 1 aliphatic carbocycles. The van der Waals surface area contributed by atoms with Crippen molar-refractivity contribution in [3.63, 3.8) is 0 Å². The van der Waals surface area contributed by atoms with Crippen molar-refractivity contribution in [3.05, 3.63) is 29.3 Å². The fraction of sp³-hybridized carbons (Fsp3) is 0.579. The van der Waals surface area contributed by atoms with Crippen LogP contribution in [0.2, 0.25) is 5.02 Å². The summed E-state index contributed by atoms with van der Waals surface area (Å²) in [6.45, 7) is 5.13. The molecule has 0 spiro atoms. The number of amides is 2. The van der Waals surface area contributed by atoms with Gasteiger partial charge in [0.2, 0.25) is 11.8 Å². The van der Waals surface area contributed by atoms with Crippen LogP contribution in [0.4, 0.5) is 5.69 Å². The maximum absolute atomic E-state index is 11.9. The minimum Gasteiger partial charge on any atom is -0.371 e. The van der Waals surface area contributed by atoms with Gasteiger partial charge in [-0.1, -0.05) is 18.5 Å². The average molecular weight is 364 g/mol. The molecule has 2 amide bonds. The smallest absolute Gasteiger partial charge is 0.223 e. The second-order valence-electron chi connectivity index (χ2n) is 7.24. The highest BCUT2D eigenvalue weighted by Crippen LogP contribution is 2.37. The van der Waals surface area contributed by atoms with E-state index in [2.05, 4.69) is 22.5 Å². The lowest BCUT2D eigenvalue weighted by atomic mass is 10.1. The van der Waals surface area contributed by atoms with E-state index in [1.54, 1.807) is 0 Å². The van der Waals surface area contributed by atoms with Crippen LogP contribution in [0.1, 0.15) is 26.2 Å². The summed E-state index contributed by atoms with van der Waals surface area (Å²) in [6.07, 6.45) is 2.39.